The number of fused-ring (bicyclic) bond motifs is 1. The molecule has 4 aromatic rings. The number of ether oxygens (including phenoxy) is 1. The number of phenols is 2. The molecule has 1 heterocycles. The Morgan fingerprint density at radius 2 is 0.679 bits per heavy atom. The van der Waals surface area contributed by atoms with Gasteiger partial charge in [-0.05, 0) is 159 Å². The van der Waals surface area contributed by atoms with Gasteiger partial charge in [-0.25, -0.2) is 0 Å². The number of aromatic hydroxyl groups is 2. The monoisotopic (exact) mass is 759 g/mol. The molecule has 304 valence electrons. The van der Waals surface area contributed by atoms with Crippen molar-refractivity contribution in [3.05, 3.63) is 120 Å². The first-order chi connectivity index (χ1) is 25.2. The zero-order valence-corrected chi connectivity index (χ0v) is 38.9. The molecule has 0 amide bonds. The fourth-order valence-electron chi connectivity index (χ4n) is 8.85. The standard InChI is InChI=1S/C53H74O3/c1-30-36(21-33-24-39(48(4,5)6)45(54)40(25-33)49(7,8)9)31(2)38(23-35-28-43(52(16,17)18)47-44(29-35)53(19,20)56-47)32(3)37(30)22-34-26-41(50(10,11)12)46(55)42(27-34)51(13,14)15/h24-29,54-55H,21-23H2,1-20H3. The molecule has 2 N–H and O–H groups in total. The maximum Gasteiger partial charge on any atom is 0.132 e. The molecule has 3 nitrogen and oxygen atoms in total. The highest BCUT2D eigenvalue weighted by molar-refractivity contribution is 5.60. The lowest BCUT2D eigenvalue weighted by Gasteiger charge is -2.42. The largest absolute Gasteiger partial charge is 0.507 e. The van der Waals surface area contributed by atoms with E-state index in [4.69, 9.17) is 4.74 Å². The van der Waals surface area contributed by atoms with E-state index in [1.165, 1.54) is 61.2 Å². The van der Waals surface area contributed by atoms with Gasteiger partial charge in [0, 0.05) is 11.1 Å². The van der Waals surface area contributed by atoms with Gasteiger partial charge in [-0.15, -0.1) is 0 Å². The minimum absolute atomic E-state index is 0.0485. The number of hydrogen-bond acceptors (Lipinski definition) is 3. The Hall–Kier alpha value is -3.72. The average molecular weight is 759 g/mol. The molecule has 0 fully saturated rings. The van der Waals surface area contributed by atoms with Crippen molar-refractivity contribution < 1.29 is 14.9 Å². The van der Waals surface area contributed by atoms with Crippen LogP contribution in [0, 0.1) is 20.8 Å². The summed E-state index contributed by atoms with van der Waals surface area (Å²) in [6.45, 7) is 44.5. The van der Waals surface area contributed by atoms with E-state index < -0.39 is 0 Å². The quantitative estimate of drug-likeness (QED) is 0.206. The second-order valence-electron chi connectivity index (χ2n) is 22.8. The second-order valence-corrected chi connectivity index (χ2v) is 22.8. The van der Waals surface area contributed by atoms with Crippen LogP contribution in [-0.2, 0) is 51.9 Å². The molecule has 0 unspecified atom stereocenters. The van der Waals surface area contributed by atoms with Gasteiger partial charge in [-0.1, -0.05) is 134 Å². The van der Waals surface area contributed by atoms with E-state index in [1.54, 1.807) is 0 Å². The van der Waals surface area contributed by atoms with Crippen LogP contribution < -0.4 is 4.74 Å². The normalized spacial score (nSPS) is 14.7. The molecule has 0 atom stereocenters. The van der Waals surface area contributed by atoms with Crippen molar-refractivity contribution in [3.8, 4) is 17.2 Å². The highest BCUT2D eigenvalue weighted by Crippen LogP contribution is 2.50. The van der Waals surface area contributed by atoms with Crippen LogP contribution in [0.5, 0.6) is 17.2 Å². The van der Waals surface area contributed by atoms with E-state index in [0.717, 1.165) is 47.3 Å². The van der Waals surface area contributed by atoms with Crippen LogP contribution in [0.4, 0.5) is 0 Å². The van der Waals surface area contributed by atoms with Gasteiger partial charge >= 0.3 is 0 Å². The summed E-state index contributed by atoms with van der Waals surface area (Å²) in [6, 6.07) is 13.8. The topological polar surface area (TPSA) is 49.7 Å². The third-order valence-corrected chi connectivity index (χ3v) is 12.4. The van der Waals surface area contributed by atoms with Gasteiger partial charge in [-0.2, -0.15) is 0 Å². The van der Waals surface area contributed by atoms with E-state index >= 15 is 0 Å². The molecular formula is C53H74O3. The predicted octanol–water partition coefficient (Wildman–Crippen LogP) is 13.9. The number of phenolic OH excluding ortho intramolecular Hbond substituents is 2. The Morgan fingerprint density at radius 3 is 0.929 bits per heavy atom. The molecule has 0 spiro atoms. The minimum atomic E-state index is -0.304. The van der Waals surface area contributed by atoms with Crippen molar-refractivity contribution in [2.24, 2.45) is 0 Å². The van der Waals surface area contributed by atoms with Crippen molar-refractivity contribution in [2.45, 2.75) is 190 Å². The third-order valence-electron chi connectivity index (χ3n) is 12.4. The van der Waals surface area contributed by atoms with Gasteiger partial charge in [0.25, 0.3) is 0 Å². The van der Waals surface area contributed by atoms with Crippen molar-refractivity contribution in [2.75, 3.05) is 0 Å². The van der Waals surface area contributed by atoms with E-state index in [9.17, 15) is 10.2 Å². The molecule has 0 saturated carbocycles. The van der Waals surface area contributed by atoms with Gasteiger partial charge in [0.2, 0.25) is 0 Å². The summed E-state index contributed by atoms with van der Waals surface area (Å²) in [5.41, 5.74) is 17.3. The van der Waals surface area contributed by atoms with Gasteiger partial charge in [-0.3, -0.25) is 0 Å². The van der Waals surface area contributed by atoms with Crippen LogP contribution in [0.3, 0.4) is 0 Å². The van der Waals surface area contributed by atoms with Crippen LogP contribution in [0.1, 0.15) is 201 Å². The number of hydrogen-bond donors (Lipinski definition) is 2. The lowest BCUT2D eigenvalue weighted by Crippen LogP contribution is -2.37. The van der Waals surface area contributed by atoms with Crippen LogP contribution >= 0.6 is 0 Å². The SMILES string of the molecule is Cc1c(Cc2cc(C(C)(C)C)c(O)c(C(C)(C)C)c2)c(C)c(Cc2cc(C(C)(C)C)c3c(c2)C(C)(C)O3)c(C)c1Cc1cc(C(C)(C)C)c(O)c(C(C)(C)C)c1. The summed E-state index contributed by atoms with van der Waals surface area (Å²) in [4.78, 5) is 0. The zero-order chi connectivity index (χ0) is 42.5. The molecule has 0 aliphatic carbocycles. The molecule has 5 rings (SSSR count). The maximum atomic E-state index is 11.6. The number of benzene rings is 4. The van der Waals surface area contributed by atoms with Crippen LogP contribution in [0.2, 0.25) is 0 Å². The van der Waals surface area contributed by atoms with Crippen molar-refractivity contribution in [1.29, 1.82) is 0 Å². The van der Waals surface area contributed by atoms with Crippen molar-refractivity contribution in [1.82, 2.24) is 0 Å². The first kappa shape index (κ1) is 43.4. The Morgan fingerprint density at radius 1 is 0.429 bits per heavy atom. The smallest absolute Gasteiger partial charge is 0.132 e. The zero-order valence-electron chi connectivity index (χ0n) is 38.9. The first-order valence-electron chi connectivity index (χ1n) is 20.9. The minimum Gasteiger partial charge on any atom is -0.507 e. The predicted molar refractivity (Wildman–Crippen MR) is 239 cm³/mol. The molecule has 56 heavy (non-hydrogen) atoms. The van der Waals surface area contributed by atoms with E-state index in [0.29, 0.717) is 11.5 Å². The fourth-order valence-corrected chi connectivity index (χ4v) is 8.85. The highest BCUT2D eigenvalue weighted by atomic mass is 16.5. The van der Waals surface area contributed by atoms with Gasteiger partial charge < -0.3 is 14.9 Å². The molecule has 1 aliphatic heterocycles. The molecule has 0 aromatic heterocycles. The lowest BCUT2D eigenvalue weighted by atomic mass is 9.75. The van der Waals surface area contributed by atoms with Crippen LogP contribution in [0.15, 0.2) is 36.4 Å². The molecule has 0 radical (unpaired) electrons. The Labute approximate surface area is 341 Å². The highest BCUT2D eigenvalue weighted by Gasteiger charge is 2.41. The molecule has 3 heteroatoms. The average Bonchev–Trinajstić information content (AvgIpc) is 3.02. The summed E-state index contributed by atoms with van der Waals surface area (Å²) >= 11 is 0. The van der Waals surface area contributed by atoms with Gasteiger partial charge in [0.15, 0.2) is 0 Å². The van der Waals surface area contributed by atoms with E-state index in [-0.39, 0.29) is 32.7 Å². The Kier molecular flexibility index (Phi) is 10.8. The van der Waals surface area contributed by atoms with Crippen LogP contribution in [0.25, 0.3) is 0 Å². The van der Waals surface area contributed by atoms with Gasteiger partial charge in [0.05, 0.1) is 0 Å². The van der Waals surface area contributed by atoms with E-state index in [1.807, 2.05) is 0 Å². The summed E-state index contributed by atoms with van der Waals surface area (Å²) in [7, 11) is 0. The van der Waals surface area contributed by atoms with Crippen molar-refractivity contribution >= 4 is 0 Å². The Balaban J connectivity index is 1.79. The summed E-state index contributed by atoms with van der Waals surface area (Å²) in [6.07, 6.45) is 2.38. The maximum absolute atomic E-state index is 11.6. The van der Waals surface area contributed by atoms with Gasteiger partial charge in [0.1, 0.15) is 22.8 Å². The molecule has 1 aliphatic rings. The van der Waals surface area contributed by atoms with Crippen LogP contribution in [-0.4, -0.2) is 10.2 Å². The van der Waals surface area contributed by atoms with Crippen molar-refractivity contribution in [3.63, 3.8) is 0 Å². The molecule has 4 aromatic carbocycles. The molecular weight excluding hydrogens is 685 g/mol. The second kappa shape index (κ2) is 14.0. The summed E-state index contributed by atoms with van der Waals surface area (Å²) in [5.74, 6) is 1.90. The summed E-state index contributed by atoms with van der Waals surface area (Å²) in [5, 5.41) is 23.3. The molecule has 0 saturated heterocycles. The fraction of sp³-hybridized carbons (Fsp3) is 0.547. The first-order valence-corrected chi connectivity index (χ1v) is 20.9. The third kappa shape index (κ3) is 8.30. The molecule has 0 bridgehead atoms. The Bertz CT molecular complexity index is 1990. The number of rotatable bonds is 6. The summed E-state index contributed by atoms with van der Waals surface area (Å²) < 4.78 is 6.38. The lowest BCUT2D eigenvalue weighted by molar-refractivity contribution is 0.0483. The van der Waals surface area contributed by atoms with E-state index in [2.05, 4.69) is 175 Å².